The van der Waals surface area contributed by atoms with Gasteiger partial charge in [0.25, 0.3) is 0 Å². The first-order valence-corrected chi connectivity index (χ1v) is 13.9. The van der Waals surface area contributed by atoms with E-state index in [0.29, 0.717) is 26.3 Å². The molecule has 0 fully saturated rings. The van der Waals surface area contributed by atoms with Crippen molar-refractivity contribution in [1.82, 2.24) is 15.4 Å². The zero-order chi connectivity index (χ0) is 29.1. The SMILES string of the molecule is CC(Sc1cn[nH]n1)C(=O)OCc1ccc(Cl)cc1.Cc1ccc(Cl)cc1NC(=O)C(C)C(=O)c1ccccc1. The Morgan fingerprint density at radius 2 is 1.65 bits per heavy atom. The number of Topliss-reactive ketones (excluding diaryl/α,β-unsaturated/α-hetero) is 1. The van der Waals surface area contributed by atoms with Gasteiger partial charge in [0.05, 0.1) is 12.1 Å². The quantitative estimate of drug-likeness (QED) is 0.0943. The van der Waals surface area contributed by atoms with Gasteiger partial charge in [0.1, 0.15) is 16.9 Å². The van der Waals surface area contributed by atoms with E-state index in [1.807, 2.05) is 31.2 Å². The second kappa shape index (κ2) is 15.2. The van der Waals surface area contributed by atoms with Gasteiger partial charge in [0.15, 0.2) is 5.78 Å². The summed E-state index contributed by atoms with van der Waals surface area (Å²) in [5, 5.41) is 14.3. The first-order valence-electron chi connectivity index (χ1n) is 12.2. The molecule has 2 unspecified atom stereocenters. The van der Waals surface area contributed by atoms with Crippen molar-refractivity contribution in [3.05, 3.63) is 106 Å². The standard InChI is InChI=1S/C17H16ClNO2.C12H12ClN3O2S/c1-11-8-9-14(18)10-15(11)19-17(21)12(2)16(20)13-6-4-3-5-7-13;1-8(19-11-6-14-16-15-11)12(17)18-7-9-2-4-10(13)5-3-9/h3-10,12H,1-2H3,(H,19,21);2-6,8H,7H2,1H3,(H,14,15,16). The van der Waals surface area contributed by atoms with E-state index in [1.165, 1.54) is 11.8 Å². The average Bonchev–Trinajstić information content (AvgIpc) is 3.47. The number of aromatic amines is 1. The van der Waals surface area contributed by atoms with Gasteiger partial charge >= 0.3 is 5.97 Å². The van der Waals surface area contributed by atoms with Crippen LogP contribution in [-0.4, -0.2) is 38.3 Å². The van der Waals surface area contributed by atoms with Crippen LogP contribution in [0.25, 0.3) is 0 Å². The first-order chi connectivity index (χ1) is 19.1. The summed E-state index contributed by atoms with van der Waals surface area (Å²) in [5.41, 5.74) is 2.95. The van der Waals surface area contributed by atoms with Gasteiger partial charge in [-0.25, -0.2) is 0 Å². The molecule has 11 heteroatoms. The Labute approximate surface area is 246 Å². The molecule has 1 aromatic heterocycles. The maximum absolute atomic E-state index is 12.2. The molecule has 4 rings (SSSR count). The van der Waals surface area contributed by atoms with E-state index in [4.69, 9.17) is 27.9 Å². The minimum absolute atomic E-state index is 0.201. The number of ketones is 1. The number of carbonyl (C=O) groups excluding carboxylic acids is 3. The average molecular weight is 600 g/mol. The summed E-state index contributed by atoms with van der Waals surface area (Å²) in [7, 11) is 0. The van der Waals surface area contributed by atoms with E-state index in [9.17, 15) is 14.4 Å². The number of nitrogens with one attached hydrogen (secondary N) is 2. The van der Waals surface area contributed by atoms with Crippen molar-refractivity contribution in [2.24, 2.45) is 5.92 Å². The van der Waals surface area contributed by atoms with Crippen molar-refractivity contribution in [3.63, 3.8) is 0 Å². The number of aromatic nitrogens is 3. The lowest BCUT2D eigenvalue weighted by Crippen LogP contribution is -2.27. The van der Waals surface area contributed by atoms with Crippen molar-refractivity contribution < 1.29 is 19.1 Å². The molecule has 0 aliphatic rings. The number of thioether (sulfide) groups is 1. The zero-order valence-electron chi connectivity index (χ0n) is 22.1. The number of nitrogens with zero attached hydrogens (tertiary/aromatic N) is 2. The summed E-state index contributed by atoms with van der Waals surface area (Å²) in [4.78, 5) is 36.2. The van der Waals surface area contributed by atoms with Gasteiger partial charge in [-0.2, -0.15) is 10.3 Å². The van der Waals surface area contributed by atoms with Crippen LogP contribution in [-0.2, 0) is 20.9 Å². The molecule has 0 radical (unpaired) electrons. The molecule has 40 heavy (non-hydrogen) atoms. The molecule has 0 saturated carbocycles. The largest absolute Gasteiger partial charge is 0.460 e. The fraction of sp³-hybridized carbons (Fsp3) is 0.207. The van der Waals surface area contributed by atoms with E-state index in [1.54, 1.807) is 68.6 Å². The minimum Gasteiger partial charge on any atom is -0.460 e. The molecule has 0 bridgehead atoms. The summed E-state index contributed by atoms with van der Waals surface area (Å²) in [5.74, 6) is -1.59. The Hall–Kier alpha value is -3.66. The van der Waals surface area contributed by atoms with Gasteiger partial charge in [-0.1, -0.05) is 83.5 Å². The Morgan fingerprint density at radius 1 is 0.975 bits per heavy atom. The van der Waals surface area contributed by atoms with E-state index in [2.05, 4.69) is 20.7 Å². The third kappa shape index (κ3) is 9.51. The lowest BCUT2D eigenvalue weighted by Gasteiger charge is -2.13. The van der Waals surface area contributed by atoms with Crippen molar-refractivity contribution >= 4 is 58.3 Å². The predicted molar refractivity (Wildman–Crippen MR) is 158 cm³/mol. The number of aryl methyl sites for hydroxylation is 1. The first kappa shape index (κ1) is 30.9. The molecular weight excluding hydrogens is 571 g/mol. The van der Waals surface area contributed by atoms with Crippen LogP contribution in [0.1, 0.15) is 35.3 Å². The minimum atomic E-state index is -0.759. The lowest BCUT2D eigenvalue weighted by atomic mass is 9.98. The van der Waals surface area contributed by atoms with Crippen LogP contribution in [0, 0.1) is 12.8 Å². The van der Waals surface area contributed by atoms with E-state index in [-0.39, 0.29) is 29.5 Å². The van der Waals surface area contributed by atoms with Crippen LogP contribution in [0.4, 0.5) is 5.69 Å². The molecule has 2 atom stereocenters. The number of halogens is 2. The van der Waals surface area contributed by atoms with Crippen LogP contribution in [0.5, 0.6) is 0 Å². The van der Waals surface area contributed by atoms with Crippen molar-refractivity contribution in [1.29, 1.82) is 0 Å². The third-order valence-corrected chi connectivity index (χ3v) is 7.09. The third-order valence-electron chi connectivity index (χ3n) is 5.62. The number of hydrogen-bond acceptors (Lipinski definition) is 7. The van der Waals surface area contributed by atoms with Crippen LogP contribution in [0.15, 0.2) is 84.0 Å². The van der Waals surface area contributed by atoms with E-state index >= 15 is 0 Å². The molecule has 4 aromatic rings. The monoisotopic (exact) mass is 598 g/mol. The highest BCUT2D eigenvalue weighted by atomic mass is 35.5. The second-order valence-corrected chi connectivity index (χ2v) is 10.9. The molecule has 0 aliphatic heterocycles. The molecule has 1 heterocycles. The predicted octanol–water partition coefficient (Wildman–Crippen LogP) is 6.79. The Bertz CT molecular complexity index is 1420. The number of ether oxygens (including phenoxy) is 1. The lowest BCUT2D eigenvalue weighted by molar-refractivity contribution is -0.143. The maximum Gasteiger partial charge on any atom is 0.319 e. The summed E-state index contributed by atoms with van der Waals surface area (Å²) in [6, 6.07) is 21.2. The number of esters is 1. The fourth-order valence-electron chi connectivity index (χ4n) is 3.27. The number of anilines is 1. The Balaban J connectivity index is 0.000000222. The topological polar surface area (TPSA) is 114 Å². The Morgan fingerprint density at radius 3 is 2.30 bits per heavy atom. The summed E-state index contributed by atoms with van der Waals surface area (Å²) in [6.07, 6.45) is 1.56. The zero-order valence-corrected chi connectivity index (χ0v) is 24.4. The Kier molecular flexibility index (Phi) is 11.7. The normalized spacial score (nSPS) is 11.9. The smallest absolute Gasteiger partial charge is 0.319 e. The number of benzene rings is 3. The highest BCUT2D eigenvalue weighted by Gasteiger charge is 2.23. The van der Waals surface area contributed by atoms with E-state index < -0.39 is 5.92 Å². The summed E-state index contributed by atoms with van der Waals surface area (Å²) in [6.45, 7) is 5.48. The molecule has 8 nitrogen and oxygen atoms in total. The maximum atomic E-state index is 12.2. The molecule has 2 N–H and O–H groups in total. The molecule has 3 aromatic carbocycles. The van der Waals surface area contributed by atoms with Crippen LogP contribution in [0.3, 0.4) is 0 Å². The van der Waals surface area contributed by atoms with Crippen molar-refractivity contribution in [2.45, 2.75) is 37.7 Å². The van der Waals surface area contributed by atoms with Gasteiger partial charge in [0, 0.05) is 21.3 Å². The molecular formula is C29H28Cl2N4O4S. The van der Waals surface area contributed by atoms with E-state index in [0.717, 1.165) is 11.1 Å². The van der Waals surface area contributed by atoms with Gasteiger partial charge < -0.3 is 10.1 Å². The highest BCUT2D eigenvalue weighted by molar-refractivity contribution is 8.00. The number of amides is 1. The highest BCUT2D eigenvalue weighted by Crippen LogP contribution is 2.22. The van der Waals surface area contributed by atoms with Crippen LogP contribution >= 0.6 is 35.0 Å². The number of H-pyrrole nitrogens is 1. The number of rotatable bonds is 9. The van der Waals surface area contributed by atoms with Crippen LogP contribution in [0.2, 0.25) is 10.0 Å². The summed E-state index contributed by atoms with van der Waals surface area (Å²) < 4.78 is 5.22. The van der Waals surface area contributed by atoms with Gasteiger partial charge in [-0.05, 0) is 56.2 Å². The molecule has 0 spiro atoms. The van der Waals surface area contributed by atoms with Crippen molar-refractivity contribution in [2.75, 3.05) is 5.32 Å². The van der Waals surface area contributed by atoms with Crippen molar-refractivity contribution in [3.8, 4) is 0 Å². The van der Waals surface area contributed by atoms with Crippen LogP contribution < -0.4 is 5.32 Å². The molecule has 0 aliphatic carbocycles. The fourth-order valence-corrected chi connectivity index (χ4v) is 4.30. The molecule has 208 valence electrons. The van der Waals surface area contributed by atoms with Gasteiger partial charge in [-0.15, -0.1) is 5.10 Å². The number of hydrogen-bond donors (Lipinski definition) is 2. The summed E-state index contributed by atoms with van der Waals surface area (Å²) >= 11 is 13.0. The molecule has 1 amide bonds. The second-order valence-electron chi connectivity index (χ2n) is 8.70. The molecule has 0 saturated heterocycles. The van der Waals surface area contributed by atoms with Gasteiger partial charge in [-0.3, -0.25) is 14.4 Å². The van der Waals surface area contributed by atoms with Gasteiger partial charge in [0.2, 0.25) is 5.91 Å². The number of carbonyl (C=O) groups is 3.